The lowest BCUT2D eigenvalue weighted by molar-refractivity contribution is 0.0926. The van der Waals surface area contributed by atoms with Gasteiger partial charge in [0.1, 0.15) is 0 Å². The molecular formula is C22H24N4O2. The van der Waals surface area contributed by atoms with Gasteiger partial charge in [-0.25, -0.2) is 4.98 Å². The van der Waals surface area contributed by atoms with E-state index in [1.54, 1.807) is 16.7 Å². The molecule has 1 fully saturated rings. The van der Waals surface area contributed by atoms with Crippen LogP contribution in [0.2, 0.25) is 0 Å². The van der Waals surface area contributed by atoms with E-state index in [1.165, 1.54) is 0 Å². The number of imidazole rings is 1. The standard InChI is InChI=1S/C22H24N4O2/c1-14-8-7-9-15(2)18(14)25-21(27)19-17-12-5-6-13-26(17)20(24-19)22(28)23-16-10-3-4-11-16/h5-9,12-13,16H,3-4,10-11H2,1-2H3,(H,23,28)(H,25,27). The van der Waals surface area contributed by atoms with Crippen LogP contribution in [0, 0.1) is 13.8 Å². The number of amides is 2. The minimum atomic E-state index is -0.319. The Hall–Kier alpha value is -3.15. The van der Waals surface area contributed by atoms with Gasteiger partial charge in [0, 0.05) is 17.9 Å². The van der Waals surface area contributed by atoms with Gasteiger partial charge in [0.25, 0.3) is 11.8 Å². The van der Waals surface area contributed by atoms with Gasteiger partial charge in [-0.15, -0.1) is 0 Å². The van der Waals surface area contributed by atoms with Gasteiger partial charge in [0.2, 0.25) is 5.82 Å². The fraction of sp³-hybridized carbons (Fsp3) is 0.318. The van der Waals surface area contributed by atoms with E-state index in [0.717, 1.165) is 42.5 Å². The van der Waals surface area contributed by atoms with Crippen molar-refractivity contribution in [2.75, 3.05) is 5.32 Å². The molecule has 2 N–H and O–H groups in total. The van der Waals surface area contributed by atoms with Crippen molar-refractivity contribution in [1.29, 1.82) is 0 Å². The molecule has 2 amide bonds. The summed E-state index contributed by atoms with van der Waals surface area (Å²) in [6.45, 7) is 3.91. The summed E-state index contributed by atoms with van der Waals surface area (Å²) in [4.78, 5) is 30.2. The van der Waals surface area contributed by atoms with E-state index >= 15 is 0 Å². The van der Waals surface area contributed by atoms with Crippen LogP contribution in [0.1, 0.15) is 57.9 Å². The molecule has 2 aromatic heterocycles. The van der Waals surface area contributed by atoms with E-state index in [4.69, 9.17) is 0 Å². The lowest BCUT2D eigenvalue weighted by atomic mass is 10.1. The minimum Gasteiger partial charge on any atom is -0.347 e. The molecule has 4 rings (SSSR count). The van der Waals surface area contributed by atoms with Gasteiger partial charge >= 0.3 is 0 Å². The van der Waals surface area contributed by atoms with Crippen molar-refractivity contribution in [1.82, 2.24) is 14.7 Å². The lowest BCUT2D eigenvalue weighted by Gasteiger charge is -2.10. The largest absolute Gasteiger partial charge is 0.347 e. The molecule has 1 aliphatic carbocycles. The van der Waals surface area contributed by atoms with Crippen LogP contribution >= 0.6 is 0 Å². The number of pyridine rings is 1. The van der Waals surface area contributed by atoms with Crippen molar-refractivity contribution >= 4 is 23.0 Å². The maximum absolute atomic E-state index is 13.0. The Morgan fingerprint density at radius 3 is 2.43 bits per heavy atom. The molecular weight excluding hydrogens is 352 g/mol. The Bertz CT molecular complexity index is 1030. The number of benzene rings is 1. The Morgan fingerprint density at radius 1 is 1.00 bits per heavy atom. The van der Waals surface area contributed by atoms with E-state index < -0.39 is 0 Å². The van der Waals surface area contributed by atoms with Crippen LogP contribution in [0.4, 0.5) is 5.69 Å². The van der Waals surface area contributed by atoms with Gasteiger partial charge in [-0.2, -0.15) is 0 Å². The number of rotatable bonds is 4. The highest BCUT2D eigenvalue weighted by Crippen LogP contribution is 2.22. The first-order valence-electron chi connectivity index (χ1n) is 9.70. The second-order valence-electron chi connectivity index (χ2n) is 7.42. The number of anilines is 1. The van der Waals surface area contributed by atoms with Crippen LogP contribution in [-0.2, 0) is 0 Å². The Kier molecular flexibility index (Phi) is 4.86. The van der Waals surface area contributed by atoms with Crippen LogP contribution in [-0.4, -0.2) is 27.2 Å². The van der Waals surface area contributed by atoms with Crippen LogP contribution < -0.4 is 10.6 Å². The molecule has 0 bridgehead atoms. The molecule has 3 aromatic rings. The minimum absolute atomic E-state index is 0.190. The van der Waals surface area contributed by atoms with E-state index in [9.17, 15) is 9.59 Å². The third-order valence-corrected chi connectivity index (χ3v) is 5.38. The summed E-state index contributed by atoms with van der Waals surface area (Å²) in [5.74, 6) is -0.311. The van der Waals surface area contributed by atoms with Crippen molar-refractivity contribution in [3.8, 4) is 0 Å². The first-order chi connectivity index (χ1) is 13.5. The average molecular weight is 376 g/mol. The second-order valence-corrected chi connectivity index (χ2v) is 7.42. The van der Waals surface area contributed by atoms with Crippen molar-refractivity contribution in [2.24, 2.45) is 0 Å². The monoisotopic (exact) mass is 376 g/mol. The summed E-state index contributed by atoms with van der Waals surface area (Å²) < 4.78 is 1.68. The van der Waals surface area contributed by atoms with Gasteiger partial charge in [-0.1, -0.05) is 37.1 Å². The quantitative estimate of drug-likeness (QED) is 0.726. The first-order valence-corrected chi connectivity index (χ1v) is 9.70. The predicted octanol–water partition coefficient (Wildman–Crippen LogP) is 3.88. The molecule has 2 heterocycles. The number of aryl methyl sites for hydroxylation is 2. The number of hydrogen-bond donors (Lipinski definition) is 2. The summed E-state index contributed by atoms with van der Waals surface area (Å²) in [5, 5.41) is 6.02. The molecule has 6 nitrogen and oxygen atoms in total. The molecule has 28 heavy (non-hydrogen) atoms. The smallest absolute Gasteiger partial charge is 0.287 e. The maximum Gasteiger partial charge on any atom is 0.287 e. The topological polar surface area (TPSA) is 75.5 Å². The van der Waals surface area contributed by atoms with E-state index in [0.29, 0.717) is 5.52 Å². The molecule has 0 spiro atoms. The van der Waals surface area contributed by atoms with E-state index in [-0.39, 0.29) is 29.4 Å². The Morgan fingerprint density at radius 2 is 1.71 bits per heavy atom. The van der Waals surface area contributed by atoms with Gasteiger partial charge in [-0.05, 0) is 49.9 Å². The van der Waals surface area contributed by atoms with Gasteiger partial charge in [0.15, 0.2) is 5.69 Å². The second kappa shape index (κ2) is 7.46. The normalized spacial score (nSPS) is 14.4. The average Bonchev–Trinajstić information content (AvgIpc) is 3.32. The van der Waals surface area contributed by atoms with Gasteiger partial charge in [-0.3, -0.25) is 14.0 Å². The molecule has 1 aromatic carbocycles. The van der Waals surface area contributed by atoms with Gasteiger partial charge in [0.05, 0.1) is 5.52 Å². The lowest BCUT2D eigenvalue weighted by Crippen LogP contribution is -2.33. The number of hydrogen-bond acceptors (Lipinski definition) is 3. The molecule has 0 unspecified atom stereocenters. The molecule has 0 radical (unpaired) electrons. The molecule has 1 saturated carbocycles. The maximum atomic E-state index is 13.0. The summed E-state index contributed by atoms with van der Waals surface area (Å²) in [5.41, 5.74) is 3.61. The van der Waals surface area contributed by atoms with E-state index in [1.807, 2.05) is 44.2 Å². The highest BCUT2D eigenvalue weighted by molar-refractivity contribution is 6.09. The third kappa shape index (κ3) is 3.38. The van der Waals surface area contributed by atoms with Crippen LogP contribution in [0.3, 0.4) is 0 Å². The van der Waals surface area contributed by atoms with Crippen molar-refractivity contribution in [3.05, 3.63) is 65.2 Å². The fourth-order valence-electron chi connectivity index (χ4n) is 3.87. The zero-order valence-electron chi connectivity index (χ0n) is 16.2. The molecule has 0 saturated heterocycles. The number of nitrogens with one attached hydrogen (secondary N) is 2. The summed E-state index contributed by atoms with van der Waals surface area (Å²) >= 11 is 0. The Balaban J connectivity index is 1.67. The number of carbonyl (C=O) groups excluding carboxylic acids is 2. The zero-order chi connectivity index (χ0) is 19.7. The fourth-order valence-corrected chi connectivity index (χ4v) is 3.87. The molecule has 1 aliphatic rings. The summed E-state index contributed by atoms with van der Waals surface area (Å²) in [7, 11) is 0. The molecule has 0 atom stereocenters. The Labute approximate surface area is 164 Å². The summed E-state index contributed by atoms with van der Waals surface area (Å²) in [6, 6.07) is 11.5. The molecule has 0 aliphatic heterocycles. The third-order valence-electron chi connectivity index (χ3n) is 5.38. The summed E-state index contributed by atoms with van der Waals surface area (Å²) in [6.07, 6.45) is 6.03. The highest BCUT2D eigenvalue weighted by atomic mass is 16.2. The van der Waals surface area contributed by atoms with Crippen molar-refractivity contribution in [3.63, 3.8) is 0 Å². The number of carbonyl (C=O) groups is 2. The first kappa shape index (κ1) is 18.2. The number of para-hydroxylation sites is 1. The van der Waals surface area contributed by atoms with Crippen LogP contribution in [0.25, 0.3) is 5.52 Å². The highest BCUT2D eigenvalue weighted by Gasteiger charge is 2.24. The number of fused-ring (bicyclic) bond motifs is 1. The van der Waals surface area contributed by atoms with Crippen LogP contribution in [0.15, 0.2) is 42.6 Å². The van der Waals surface area contributed by atoms with Gasteiger partial charge < -0.3 is 10.6 Å². The van der Waals surface area contributed by atoms with E-state index in [2.05, 4.69) is 15.6 Å². The number of nitrogens with zero attached hydrogens (tertiary/aromatic N) is 2. The van der Waals surface area contributed by atoms with Crippen molar-refractivity contribution < 1.29 is 9.59 Å². The SMILES string of the molecule is Cc1cccc(C)c1NC(=O)c1nc(C(=O)NC2CCCC2)n2ccccc12. The zero-order valence-corrected chi connectivity index (χ0v) is 16.2. The number of aromatic nitrogens is 2. The van der Waals surface area contributed by atoms with Crippen LogP contribution in [0.5, 0.6) is 0 Å². The molecule has 144 valence electrons. The van der Waals surface area contributed by atoms with Crippen molar-refractivity contribution in [2.45, 2.75) is 45.6 Å². The molecule has 6 heteroatoms. The predicted molar refractivity (Wildman–Crippen MR) is 109 cm³/mol.